The predicted molar refractivity (Wildman–Crippen MR) is 47.0 cm³/mol. The average Bonchev–Trinajstić information content (AvgIpc) is 2.29. The molecule has 11 heavy (non-hydrogen) atoms. The molecule has 1 heterocycles. The molecular formula is C8H16ClNO. The first-order valence-electron chi connectivity index (χ1n) is 4.22. The van der Waals surface area contributed by atoms with Crippen LogP contribution >= 0.6 is 12.4 Å². The Labute approximate surface area is 73.9 Å². The first kappa shape index (κ1) is 9.30. The van der Waals surface area contributed by atoms with Gasteiger partial charge in [0.05, 0.1) is 6.10 Å². The number of ether oxygens (including phenoxy) is 1. The Morgan fingerprint density at radius 2 is 2.09 bits per heavy atom. The molecule has 2 rings (SSSR count). The largest absolute Gasteiger partial charge is 0.376 e. The van der Waals surface area contributed by atoms with Crippen molar-refractivity contribution in [1.29, 1.82) is 0 Å². The SMILES string of the molecule is Cl.NC12CCCCC1OCC2. The van der Waals surface area contributed by atoms with E-state index in [4.69, 9.17) is 10.5 Å². The van der Waals surface area contributed by atoms with E-state index in [2.05, 4.69) is 0 Å². The summed E-state index contributed by atoms with van der Waals surface area (Å²) >= 11 is 0. The van der Waals surface area contributed by atoms with Crippen molar-refractivity contribution in [2.24, 2.45) is 5.73 Å². The zero-order valence-corrected chi connectivity index (χ0v) is 7.53. The maximum Gasteiger partial charge on any atom is 0.0755 e. The van der Waals surface area contributed by atoms with Crippen LogP contribution in [-0.2, 0) is 4.74 Å². The van der Waals surface area contributed by atoms with E-state index < -0.39 is 0 Å². The molecule has 66 valence electrons. The van der Waals surface area contributed by atoms with Gasteiger partial charge in [-0.05, 0) is 19.3 Å². The van der Waals surface area contributed by atoms with E-state index in [9.17, 15) is 0 Å². The van der Waals surface area contributed by atoms with Crippen LogP contribution in [0, 0.1) is 0 Å². The maximum absolute atomic E-state index is 6.14. The highest BCUT2D eigenvalue weighted by molar-refractivity contribution is 5.85. The normalized spacial score (nSPS) is 42.8. The second-order valence-electron chi connectivity index (χ2n) is 3.59. The van der Waals surface area contributed by atoms with Gasteiger partial charge in [0.15, 0.2) is 0 Å². The Bertz CT molecular complexity index is 142. The highest BCUT2D eigenvalue weighted by atomic mass is 35.5. The Kier molecular flexibility index (Phi) is 2.79. The summed E-state index contributed by atoms with van der Waals surface area (Å²) < 4.78 is 5.53. The second-order valence-corrected chi connectivity index (χ2v) is 3.59. The summed E-state index contributed by atoms with van der Waals surface area (Å²) in [5.41, 5.74) is 6.21. The van der Waals surface area contributed by atoms with E-state index in [1.807, 2.05) is 0 Å². The number of fused-ring (bicyclic) bond motifs is 1. The minimum Gasteiger partial charge on any atom is -0.376 e. The van der Waals surface area contributed by atoms with Crippen molar-refractivity contribution < 1.29 is 4.74 Å². The van der Waals surface area contributed by atoms with Crippen LogP contribution in [0.2, 0.25) is 0 Å². The molecule has 2 unspecified atom stereocenters. The number of nitrogens with two attached hydrogens (primary N) is 1. The van der Waals surface area contributed by atoms with Gasteiger partial charge in [0.1, 0.15) is 0 Å². The molecule has 1 aliphatic heterocycles. The van der Waals surface area contributed by atoms with Gasteiger partial charge < -0.3 is 10.5 Å². The molecule has 2 N–H and O–H groups in total. The minimum absolute atomic E-state index is 0. The third-order valence-corrected chi connectivity index (χ3v) is 2.89. The third-order valence-electron chi connectivity index (χ3n) is 2.89. The summed E-state index contributed by atoms with van der Waals surface area (Å²) in [6.07, 6.45) is 6.45. The maximum atomic E-state index is 6.14. The van der Waals surface area contributed by atoms with E-state index >= 15 is 0 Å². The Hall–Kier alpha value is 0.210. The first-order valence-corrected chi connectivity index (χ1v) is 4.22. The fourth-order valence-electron chi connectivity index (χ4n) is 2.16. The van der Waals surface area contributed by atoms with Crippen LogP contribution in [0.1, 0.15) is 32.1 Å². The Balaban J connectivity index is 0.000000605. The summed E-state index contributed by atoms with van der Waals surface area (Å²) in [4.78, 5) is 0. The predicted octanol–water partition coefficient (Wildman–Crippen LogP) is 1.47. The third kappa shape index (κ3) is 1.53. The molecule has 0 bridgehead atoms. The molecule has 0 spiro atoms. The molecule has 0 aromatic rings. The van der Waals surface area contributed by atoms with Crippen LogP contribution in [0.3, 0.4) is 0 Å². The van der Waals surface area contributed by atoms with Crippen LogP contribution < -0.4 is 5.73 Å². The van der Waals surface area contributed by atoms with E-state index in [1.54, 1.807) is 0 Å². The van der Waals surface area contributed by atoms with Gasteiger partial charge in [0.2, 0.25) is 0 Å². The summed E-state index contributed by atoms with van der Waals surface area (Å²) in [6.45, 7) is 0.890. The lowest BCUT2D eigenvalue weighted by atomic mass is 9.80. The van der Waals surface area contributed by atoms with Gasteiger partial charge in [-0.25, -0.2) is 0 Å². The van der Waals surface area contributed by atoms with E-state index in [0.717, 1.165) is 13.0 Å². The highest BCUT2D eigenvalue weighted by Crippen LogP contribution is 2.35. The standard InChI is InChI=1S/C8H15NO.ClH/c9-8-4-2-1-3-7(8)10-6-5-8;/h7H,1-6,9H2;1H. The van der Waals surface area contributed by atoms with Crippen LogP contribution in [-0.4, -0.2) is 18.2 Å². The van der Waals surface area contributed by atoms with Crippen molar-refractivity contribution in [2.75, 3.05) is 6.61 Å². The van der Waals surface area contributed by atoms with Crippen LogP contribution in [0.25, 0.3) is 0 Å². The second kappa shape index (κ2) is 3.30. The number of hydrogen-bond donors (Lipinski definition) is 1. The quantitative estimate of drug-likeness (QED) is 0.608. The molecule has 2 aliphatic rings. The molecular weight excluding hydrogens is 162 g/mol. The van der Waals surface area contributed by atoms with Crippen molar-refractivity contribution in [3.63, 3.8) is 0 Å². The average molecular weight is 178 g/mol. The number of rotatable bonds is 0. The molecule has 0 aromatic heterocycles. The summed E-state index contributed by atoms with van der Waals surface area (Å²) in [6, 6.07) is 0. The first-order chi connectivity index (χ1) is 4.81. The summed E-state index contributed by atoms with van der Waals surface area (Å²) in [5.74, 6) is 0. The van der Waals surface area contributed by atoms with Crippen molar-refractivity contribution in [3.8, 4) is 0 Å². The molecule has 1 aliphatic carbocycles. The van der Waals surface area contributed by atoms with E-state index in [0.29, 0.717) is 6.10 Å². The molecule has 3 heteroatoms. The van der Waals surface area contributed by atoms with Gasteiger partial charge in [0.25, 0.3) is 0 Å². The Morgan fingerprint density at radius 3 is 2.82 bits per heavy atom. The molecule has 2 nitrogen and oxygen atoms in total. The minimum atomic E-state index is 0. The highest BCUT2D eigenvalue weighted by Gasteiger charge is 2.41. The topological polar surface area (TPSA) is 35.2 Å². The van der Waals surface area contributed by atoms with E-state index in [1.165, 1.54) is 25.7 Å². The van der Waals surface area contributed by atoms with Gasteiger partial charge in [-0.1, -0.05) is 12.8 Å². The lowest BCUT2D eigenvalue weighted by molar-refractivity contribution is 0.0540. The van der Waals surface area contributed by atoms with Gasteiger partial charge in [-0.3, -0.25) is 0 Å². The van der Waals surface area contributed by atoms with Crippen molar-refractivity contribution in [3.05, 3.63) is 0 Å². The fraction of sp³-hybridized carbons (Fsp3) is 1.00. The molecule has 0 aromatic carbocycles. The molecule has 2 fully saturated rings. The van der Waals surface area contributed by atoms with Gasteiger partial charge in [-0.15, -0.1) is 12.4 Å². The monoisotopic (exact) mass is 177 g/mol. The van der Waals surface area contributed by atoms with Crippen molar-refractivity contribution in [1.82, 2.24) is 0 Å². The molecule has 1 saturated carbocycles. The molecule has 0 radical (unpaired) electrons. The van der Waals surface area contributed by atoms with Gasteiger partial charge in [-0.2, -0.15) is 0 Å². The van der Waals surface area contributed by atoms with Crippen molar-refractivity contribution >= 4 is 12.4 Å². The van der Waals surface area contributed by atoms with Crippen molar-refractivity contribution in [2.45, 2.75) is 43.7 Å². The Morgan fingerprint density at radius 1 is 1.27 bits per heavy atom. The fourth-order valence-corrected chi connectivity index (χ4v) is 2.16. The lowest BCUT2D eigenvalue weighted by Crippen LogP contribution is -2.49. The van der Waals surface area contributed by atoms with Crippen LogP contribution in [0.15, 0.2) is 0 Å². The van der Waals surface area contributed by atoms with Gasteiger partial charge >= 0.3 is 0 Å². The smallest absolute Gasteiger partial charge is 0.0755 e. The van der Waals surface area contributed by atoms with Gasteiger partial charge in [0, 0.05) is 12.1 Å². The number of hydrogen-bond acceptors (Lipinski definition) is 2. The number of halogens is 1. The molecule has 2 atom stereocenters. The van der Waals surface area contributed by atoms with Crippen LogP contribution in [0.5, 0.6) is 0 Å². The molecule has 1 saturated heterocycles. The summed E-state index contributed by atoms with van der Waals surface area (Å²) in [5, 5.41) is 0. The van der Waals surface area contributed by atoms with Crippen LogP contribution in [0.4, 0.5) is 0 Å². The lowest BCUT2D eigenvalue weighted by Gasteiger charge is -2.33. The van der Waals surface area contributed by atoms with E-state index in [-0.39, 0.29) is 17.9 Å². The zero-order chi connectivity index (χ0) is 7.03. The zero-order valence-electron chi connectivity index (χ0n) is 6.71. The summed E-state index contributed by atoms with van der Waals surface area (Å²) in [7, 11) is 0. The molecule has 0 amide bonds.